The van der Waals surface area contributed by atoms with Gasteiger partial charge in [-0.15, -0.1) is 0 Å². The van der Waals surface area contributed by atoms with E-state index in [0.29, 0.717) is 41.8 Å². The zero-order chi connectivity index (χ0) is 19.4. The van der Waals surface area contributed by atoms with Crippen molar-refractivity contribution in [2.24, 2.45) is 29.6 Å². The highest BCUT2D eigenvalue weighted by Gasteiger charge is 2.44. The molecule has 1 heterocycles. The summed E-state index contributed by atoms with van der Waals surface area (Å²) in [5.74, 6) is 2.53. The molecule has 146 valence electrons. The third-order valence-corrected chi connectivity index (χ3v) is 5.96. The van der Waals surface area contributed by atoms with Gasteiger partial charge in [-0.1, -0.05) is 37.3 Å². The average Bonchev–Trinajstić information content (AvgIpc) is 3.10. The Morgan fingerprint density at radius 3 is 2.78 bits per heavy atom. The van der Waals surface area contributed by atoms with Crippen molar-refractivity contribution in [3.63, 3.8) is 0 Å². The highest BCUT2D eigenvalue weighted by molar-refractivity contribution is 5.83. The molecule has 1 fully saturated rings. The SMILES string of the molecule is C[C@H]1C=C[C@@H]2[C@@H](C/C=C/C=O)[C@H](/C=C/CCC3=CC(=O)OC(C)(C)O3)C[C@@H]21. The third-order valence-electron chi connectivity index (χ3n) is 5.96. The molecule has 0 radical (unpaired) electrons. The lowest BCUT2D eigenvalue weighted by molar-refractivity contribution is -0.205. The van der Waals surface area contributed by atoms with Gasteiger partial charge in [0.1, 0.15) is 12.0 Å². The molecule has 1 aliphatic heterocycles. The van der Waals surface area contributed by atoms with Gasteiger partial charge >= 0.3 is 5.97 Å². The van der Waals surface area contributed by atoms with Crippen LogP contribution in [0.4, 0.5) is 0 Å². The summed E-state index contributed by atoms with van der Waals surface area (Å²) in [6, 6.07) is 0. The molecule has 4 heteroatoms. The number of cyclic esters (lactones) is 1. The van der Waals surface area contributed by atoms with Crippen molar-refractivity contribution in [3.8, 4) is 0 Å². The molecule has 3 aliphatic rings. The van der Waals surface area contributed by atoms with E-state index in [0.717, 1.165) is 19.1 Å². The zero-order valence-corrected chi connectivity index (χ0v) is 16.5. The highest BCUT2D eigenvalue weighted by atomic mass is 16.7. The molecule has 0 aromatic rings. The van der Waals surface area contributed by atoms with Gasteiger partial charge < -0.3 is 9.47 Å². The third kappa shape index (κ3) is 4.79. The minimum Gasteiger partial charge on any atom is -0.457 e. The van der Waals surface area contributed by atoms with Crippen molar-refractivity contribution in [3.05, 3.63) is 48.3 Å². The molecular weight excluding hydrogens is 340 g/mol. The van der Waals surface area contributed by atoms with E-state index in [2.05, 4.69) is 31.2 Å². The minimum absolute atomic E-state index is 0.336. The molecule has 0 amide bonds. The summed E-state index contributed by atoms with van der Waals surface area (Å²) >= 11 is 0. The second-order valence-electron chi connectivity index (χ2n) is 8.35. The first-order valence-corrected chi connectivity index (χ1v) is 9.97. The summed E-state index contributed by atoms with van der Waals surface area (Å²) in [6.07, 6.45) is 18.9. The van der Waals surface area contributed by atoms with Crippen LogP contribution >= 0.6 is 0 Å². The number of carbonyl (C=O) groups excluding carboxylic acids is 2. The van der Waals surface area contributed by atoms with Gasteiger partial charge in [0.2, 0.25) is 5.79 Å². The van der Waals surface area contributed by atoms with Gasteiger partial charge in [-0.3, -0.25) is 4.79 Å². The Morgan fingerprint density at radius 1 is 1.22 bits per heavy atom. The number of carbonyl (C=O) groups is 2. The average molecular weight is 370 g/mol. The molecule has 0 saturated heterocycles. The second kappa shape index (κ2) is 8.28. The van der Waals surface area contributed by atoms with Crippen LogP contribution in [0.2, 0.25) is 0 Å². The second-order valence-corrected chi connectivity index (χ2v) is 8.35. The van der Waals surface area contributed by atoms with Crippen molar-refractivity contribution in [1.29, 1.82) is 0 Å². The van der Waals surface area contributed by atoms with E-state index in [1.165, 1.54) is 12.5 Å². The van der Waals surface area contributed by atoms with Crippen LogP contribution in [0, 0.1) is 29.6 Å². The Kier molecular flexibility index (Phi) is 6.03. The van der Waals surface area contributed by atoms with E-state index >= 15 is 0 Å². The number of allylic oxidation sites excluding steroid dienone is 7. The lowest BCUT2D eigenvalue weighted by atomic mass is 9.85. The van der Waals surface area contributed by atoms with E-state index in [1.54, 1.807) is 19.9 Å². The summed E-state index contributed by atoms with van der Waals surface area (Å²) in [7, 11) is 0. The van der Waals surface area contributed by atoms with Crippen LogP contribution in [0.1, 0.15) is 46.5 Å². The Bertz CT molecular complexity index is 682. The Hall–Kier alpha value is -2.10. The van der Waals surface area contributed by atoms with Crippen molar-refractivity contribution < 1.29 is 19.1 Å². The fraction of sp³-hybridized carbons (Fsp3) is 0.565. The summed E-state index contributed by atoms with van der Waals surface area (Å²) in [4.78, 5) is 22.2. The molecule has 1 saturated carbocycles. The number of hydrogen-bond acceptors (Lipinski definition) is 4. The van der Waals surface area contributed by atoms with E-state index in [4.69, 9.17) is 9.47 Å². The summed E-state index contributed by atoms with van der Waals surface area (Å²) < 4.78 is 10.8. The van der Waals surface area contributed by atoms with Gasteiger partial charge in [0, 0.05) is 20.3 Å². The van der Waals surface area contributed by atoms with Crippen LogP contribution in [-0.2, 0) is 19.1 Å². The van der Waals surface area contributed by atoms with Crippen molar-refractivity contribution in [2.75, 3.05) is 0 Å². The molecule has 3 rings (SSSR count). The number of hydrogen-bond donors (Lipinski definition) is 0. The predicted octanol–water partition coefficient (Wildman–Crippen LogP) is 4.74. The molecular formula is C23H30O4. The number of fused-ring (bicyclic) bond motifs is 1. The Labute approximate surface area is 162 Å². The Balaban J connectivity index is 1.58. The van der Waals surface area contributed by atoms with Crippen LogP contribution in [0.15, 0.2) is 48.3 Å². The summed E-state index contributed by atoms with van der Waals surface area (Å²) in [5.41, 5.74) is 0. The monoisotopic (exact) mass is 370 g/mol. The maximum Gasteiger partial charge on any atom is 0.337 e. The molecule has 27 heavy (non-hydrogen) atoms. The van der Waals surface area contributed by atoms with Crippen molar-refractivity contribution >= 4 is 12.3 Å². The maximum absolute atomic E-state index is 11.6. The lowest BCUT2D eigenvalue weighted by Gasteiger charge is -2.30. The standard InChI is InChI=1S/C23H30O4/c1-16-11-12-20-19(10-6-7-13-24)17(14-21(16)20)8-4-5-9-18-15-22(25)27-23(2,3)26-18/h4,6-8,11-13,15-17,19-21H,5,9-10,14H2,1-3H3/b7-6+,8-4+/t16-,17+,19-,20+,21+/m0/s1. The number of esters is 1. The summed E-state index contributed by atoms with van der Waals surface area (Å²) in [5, 5.41) is 0. The smallest absolute Gasteiger partial charge is 0.337 e. The van der Waals surface area contributed by atoms with Gasteiger partial charge in [-0.25, -0.2) is 4.79 Å². The minimum atomic E-state index is -0.883. The molecule has 4 nitrogen and oxygen atoms in total. The first-order valence-electron chi connectivity index (χ1n) is 9.97. The predicted molar refractivity (Wildman–Crippen MR) is 104 cm³/mol. The molecule has 0 aromatic heterocycles. The molecule has 0 bridgehead atoms. The van der Waals surface area contributed by atoms with Gasteiger partial charge in [0.05, 0.1) is 6.08 Å². The number of ether oxygens (including phenoxy) is 2. The van der Waals surface area contributed by atoms with E-state index in [-0.39, 0.29) is 5.97 Å². The van der Waals surface area contributed by atoms with Crippen molar-refractivity contribution in [2.45, 2.75) is 52.2 Å². The van der Waals surface area contributed by atoms with Crippen molar-refractivity contribution in [1.82, 2.24) is 0 Å². The van der Waals surface area contributed by atoms with Gasteiger partial charge in [-0.05, 0) is 54.9 Å². The summed E-state index contributed by atoms with van der Waals surface area (Å²) in [6.45, 7) is 5.80. The highest BCUT2D eigenvalue weighted by Crippen LogP contribution is 2.51. The van der Waals surface area contributed by atoms with E-state index < -0.39 is 5.79 Å². The molecule has 0 aromatic carbocycles. The van der Waals surface area contributed by atoms with Gasteiger partial charge in [0.15, 0.2) is 0 Å². The van der Waals surface area contributed by atoms with Crippen LogP contribution in [0.5, 0.6) is 0 Å². The van der Waals surface area contributed by atoms with Crippen LogP contribution in [-0.4, -0.2) is 18.0 Å². The first kappa shape index (κ1) is 19.7. The largest absolute Gasteiger partial charge is 0.457 e. The van der Waals surface area contributed by atoms with E-state index in [9.17, 15) is 9.59 Å². The molecule has 0 N–H and O–H groups in total. The lowest BCUT2D eigenvalue weighted by Crippen LogP contribution is -2.34. The van der Waals surface area contributed by atoms with Crippen LogP contribution in [0.3, 0.4) is 0 Å². The van der Waals surface area contributed by atoms with Gasteiger partial charge in [0.25, 0.3) is 0 Å². The normalized spacial score (nSPS) is 34.6. The van der Waals surface area contributed by atoms with Crippen LogP contribution in [0.25, 0.3) is 0 Å². The fourth-order valence-electron chi connectivity index (χ4n) is 4.78. The van der Waals surface area contributed by atoms with Crippen LogP contribution < -0.4 is 0 Å². The van der Waals surface area contributed by atoms with E-state index in [1.807, 2.05) is 6.08 Å². The number of rotatable bonds is 7. The van der Waals surface area contributed by atoms with Gasteiger partial charge in [-0.2, -0.15) is 0 Å². The Morgan fingerprint density at radius 2 is 2.04 bits per heavy atom. The molecule has 2 aliphatic carbocycles. The fourth-order valence-corrected chi connectivity index (χ4v) is 4.78. The topological polar surface area (TPSA) is 52.6 Å². The zero-order valence-electron chi connectivity index (χ0n) is 16.5. The molecule has 0 unspecified atom stereocenters. The molecule has 0 spiro atoms. The number of aldehydes is 1. The molecule has 5 atom stereocenters. The first-order chi connectivity index (χ1) is 12.9. The maximum atomic E-state index is 11.6. The quantitative estimate of drug-likeness (QED) is 0.281.